The maximum absolute atomic E-state index is 12.7. The number of H-pyrrole nitrogens is 1. The summed E-state index contributed by atoms with van der Waals surface area (Å²) in [7, 11) is 0. The summed E-state index contributed by atoms with van der Waals surface area (Å²) < 4.78 is 5.24. The van der Waals surface area contributed by atoms with Crippen molar-refractivity contribution in [3.63, 3.8) is 0 Å². The first-order valence-corrected chi connectivity index (χ1v) is 12.3. The number of aromatic nitrogens is 5. The van der Waals surface area contributed by atoms with Gasteiger partial charge in [-0.3, -0.25) is 4.79 Å². The average molecular weight is 503 g/mol. The molecule has 4 aromatic rings. The Morgan fingerprint density at radius 3 is 2.35 bits per heavy atom. The van der Waals surface area contributed by atoms with Gasteiger partial charge in [-0.15, -0.1) is 10.2 Å². The van der Waals surface area contributed by atoms with Gasteiger partial charge < -0.3 is 14.7 Å². The van der Waals surface area contributed by atoms with Crippen molar-refractivity contribution in [2.45, 2.75) is 40.2 Å². The molecular weight excluding hydrogens is 472 g/mol. The smallest absolute Gasteiger partial charge is 0.410 e. The predicted octanol–water partition coefficient (Wildman–Crippen LogP) is 4.93. The molecule has 0 aliphatic heterocycles. The number of amides is 1. The largest absolute Gasteiger partial charge is 0.481 e. The monoisotopic (exact) mass is 502 g/mol. The molecule has 37 heavy (non-hydrogen) atoms. The SMILES string of the molecule is CCOC(=O)N(Cc1ccc2nc(-c3ccc(-c4nn[nH]n4)cc3)ccc2c1)CC(CC)(CC)C(=O)O. The molecule has 2 aromatic carbocycles. The lowest BCUT2D eigenvalue weighted by molar-refractivity contribution is -0.150. The van der Waals surface area contributed by atoms with Gasteiger partial charge in [-0.25, -0.2) is 9.78 Å². The highest BCUT2D eigenvalue weighted by Crippen LogP contribution is 2.30. The molecule has 0 aliphatic rings. The number of hydrogen-bond acceptors (Lipinski definition) is 7. The first-order valence-electron chi connectivity index (χ1n) is 12.3. The Bertz CT molecular complexity index is 1370. The van der Waals surface area contributed by atoms with E-state index in [9.17, 15) is 14.7 Å². The maximum Gasteiger partial charge on any atom is 0.410 e. The van der Waals surface area contributed by atoms with Crippen LogP contribution in [0.5, 0.6) is 0 Å². The summed E-state index contributed by atoms with van der Waals surface area (Å²) in [6.45, 7) is 5.93. The van der Waals surface area contributed by atoms with Gasteiger partial charge in [0.15, 0.2) is 0 Å². The van der Waals surface area contributed by atoms with E-state index < -0.39 is 17.5 Å². The lowest BCUT2D eigenvalue weighted by Crippen LogP contribution is -2.45. The minimum Gasteiger partial charge on any atom is -0.481 e. The molecule has 2 N–H and O–H groups in total. The number of fused-ring (bicyclic) bond motifs is 1. The molecule has 0 radical (unpaired) electrons. The zero-order valence-electron chi connectivity index (χ0n) is 21.1. The molecule has 0 spiro atoms. The van der Waals surface area contributed by atoms with Crippen LogP contribution in [0.3, 0.4) is 0 Å². The normalized spacial score (nSPS) is 11.4. The van der Waals surface area contributed by atoms with E-state index in [4.69, 9.17) is 9.72 Å². The summed E-state index contributed by atoms with van der Waals surface area (Å²) in [5.74, 6) is -0.381. The number of hydrogen-bond donors (Lipinski definition) is 2. The number of aromatic amines is 1. The predicted molar refractivity (Wildman–Crippen MR) is 138 cm³/mol. The zero-order valence-corrected chi connectivity index (χ0v) is 21.1. The summed E-state index contributed by atoms with van der Waals surface area (Å²) >= 11 is 0. The van der Waals surface area contributed by atoms with Crippen molar-refractivity contribution < 1.29 is 19.4 Å². The van der Waals surface area contributed by atoms with Crippen LogP contribution in [0.25, 0.3) is 33.5 Å². The first kappa shape index (κ1) is 25.7. The fourth-order valence-electron chi connectivity index (χ4n) is 4.34. The maximum atomic E-state index is 12.7. The number of carbonyl (C=O) groups is 2. The summed E-state index contributed by atoms with van der Waals surface area (Å²) in [5, 5.41) is 24.8. The van der Waals surface area contributed by atoms with Crippen molar-refractivity contribution >= 4 is 23.0 Å². The van der Waals surface area contributed by atoms with E-state index in [1.165, 1.54) is 4.90 Å². The highest BCUT2D eigenvalue weighted by atomic mass is 16.6. The van der Waals surface area contributed by atoms with Gasteiger partial charge in [0.05, 0.1) is 23.2 Å². The fourth-order valence-corrected chi connectivity index (χ4v) is 4.34. The summed E-state index contributed by atoms with van der Waals surface area (Å²) in [5.41, 5.74) is 3.28. The number of carboxylic acid groups (broad SMARTS) is 1. The number of carboxylic acids is 1. The lowest BCUT2D eigenvalue weighted by Gasteiger charge is -2.33. The van der Waals surface area contributed by atoms with Crippen molar-refractivity contribution in [1.82, 2.24) is 30.5 Å². The minimum atomic E-state index is -1.03. The quantitative estimate of drug-likeness (QED) is 0.312. The third-order valence-corrected chi connectivity index (χ3v) is 6.74. The Balaban J connectivity index is 1.57. The molecule has 10 heteroatoms. The van der Waals surface area contributed by atoms with Crippen molar-refractivity contribution in [3.05, 3.63) is 60.2 Å². The third-order valence-electron chi connectivity index (χ3n) is 6.74. The first-order chi connectivity index (χ1) is 17.9. The Morgan fingerprint density at radius 1 is 1.00 bits per heavy atom. The number of nitrogens with zero attached hydrogens (tertiary/aromatic N) is 5. The molecule has 0 bridgehead atoms. The van der Waals surface area contributed by atoms with E-state index in [-0.39, 0.29) is 19.7 Å². The Hall–Kier alpha value is -4.34. The van der Waals surface area contributed by atoms with Crippen LogP contribution in [0, 0.1) is 5.41 Å². The highest BCUT2D eigenvalue weighted by molar-refractivity contribution is 5.82. The topological polar surface area (TPSA) is 134 Å². The number of carbonyl (C=O) groups excluding carboxylic acids is 1. The van der Waals surface area contributed by atoms with Crippen LogP contribution >= 0.6 is 0 Å². The Kier molecular flexibility index (Phi) is 7.76. The lowest BCUT2D eigenvalue weighted by atomic mass is 9.82. The van der Waals surface area contributed by atoms with Gasteiger partial charge in [0.25, 0.3) is 0 Å². The van der Waals surface area contributed by atoms with Gasteiger partial charge in [-0.2, -0.15) is 5.21 Å². The molecule has 10 nitrogen and oxygen atoms in total. The second-order valence-corrected chi connectivity index (χ2v) is 8.88. The van der Waals surface area contributed by atoms with Crippen LogP contribution in [0.2, 0.25) is 0 Å². The molecular formula is C27H30N6O4. The van der Waals surface area contributed by atoms with Crippen LogP contribution in [0.1, 0.15) is 39.2 Å². The molecule has 2 heterocycles. The van der Waals surface area contributed by atoms with Crippen molar-refractivity contribution in [2.24, 2.45) is 5.41 Å². The molecule has 1 amide bonds. The number of pyridine rings is 1. The summed E-state index contributed by atoms with van der Waals surface area (Å²) in [6, 6.07) is 17.5. The van der Waals surface area contributed by atoms with Crippen LogP contribution in [0.15, 0.2) is 54.6 Å². The zero-order chi connectivity index (χ0) is 26.4. The van der Waals surface area contributed by atoms with E-state index in [2.05, 4.69) is 20.6 Å². The Labute approximate surface area is 214 Å². The Morgan fingerprint density at radius 2 is 1.73 bits per heavy atom. The molecule has 0 aliphatic carbocycles. The van der Waals surface area contributed by atoms with Crippen molar-refractivity contribution in [1.29, 1.82) is 0 Å². The third kappa shape index (κ3) is 5.58. The van der Waals surface area contributed by atoms with Crippen molar-refractivity contribution in [3.8, 4) is 22.6 Å². The van der Waals surface area contributed by atoms with Gasteiger partial charge in [0.2, 0.25) is 5.82 Å². The van der Waals surface area contributed by atoms with E-state index in [0.717, 1.165) is 33.3 Å². The van der Waals surface area contributed by atoms with Crippen LogP contribution in [-0.2, 0) is 16.1 Å². The van der Waals surface area contributed by atoms with Gasteiger partial charge in [0.1, 0.15) is 0 Å². The summed E-state index contributed by atoms with van der Waals surface area (Å²) in [6.07, 6.45) is 0.303. The van der Waals surface area contributed by atoms with Gasteiger partial charge in [-0.1, -0.05) is 50.2 Å². The number of benzene rings is 2. The summed E-state index contributed by atoms with van der Waals surface area (Å²) in [4.78, 5) is 31.1. The molecule has 0 fully saturated rings. The van der Waals surface area contributed by atoms with E-state index in [0.29, 0.717) is 18.7 Å². The van der Waals surface area contributed by atoms with Gasteiger partial charge in [0, 0.05) is 29.6 Å². The molecule has 0 saturated carbocycles. The number of aliphatic carboxylic acids is 1. The van der Waals surface area contributed by atoms with Crippen molar-refractivity contribution in [2.75, 3.05) is 13.2 Å². The number of rotatable bonds is 10. The molecule has 0 unspecified atom stereocenters. The van der Waals surface area contributed by atoms with Gasteiger partial charge >= 0.3 is 12.1 Å². The number of tetrazole rings is 1. The molecule has 2 aromatic heterocycles. The standard InChI is InChI=1S/C27H30N6O4/c1-4-27(5-2,25(34)35)17-33(26(36)37-6-3)16-18-7-13-23-21(15-18)12-14-22(28-23)19-8-10-20(11-9-19)24-29-31-32-30-24/h7-15H,4-6,16-17H2,1-3H3,(H,34,35)(H,29,30,31,32). The molecule has 192 valence electrons. The average Bonchev–Trinajstić information content (AvgIpc) is 3.46. The van der Waals surface area contributed by atoms with E-state index >= 15 is 0 Å². The minimum absolute atomic E-state index is 0.0727. The van der Waals surface area contributed by atoms with E-state index in [1.807, 2.05) is 68.4 Å². The number of ether oxygens (including phenoxy) is 1. The number of nitrogens with one attached hydrogen (secondary N) is 1. The molecule has 0 saturated heterocycles. The second-order valence-electron chi connectivity index (χ2n) is 8.88. The van der Waals surface area contributed by atoms with Crippen LogP contribution in [-0.4, -0.2) is 60.8 Å². The second kappa shape index (κ2) is 11.2. The fraction of sp³-hybridized carbons (Fsp3) is 0.333. The molecule has 0 atom stereocenters. The van der Waals surface area contributed by atoms with Crippen LogP contribution < -0.4 is 0 Å². The van der Waals surface area contributed by atoms with Crippen LogP contribution in [0.4, 0.5) is 4.79 Å². The highest BCUT2D eigenvalue weighted by Gasteiger charge is 2.38. The van der Waals surface area contributed by atoms with Gasteiger partial charge in [-0.05, 0) is 48.7 Å². The van der Waals surface area contributed by atoms with E-state index in [1.54, 1.807) is 6.92 Å². The molecule has 4 rings (SSSR count).